The zero-order valence-electron chi connectivity index (χ0n) is 15.7. The third-order valence-electron chi connectivity index (χ3n) is 4.73. The standard InChI is InChI=1S/C20H12N4O4S2/c1-9-13-10(2)15(19-24-22-17(28-19)12-6-4-8-26-12)30-20(13)29-14(9)18-23-21-16(27-18)11-5-3-7-25-11/h3-8H,1-2H3. The van der Waals surface area contributed by atoms with Gasteiger partial charge in [-0.3, -0.25) is 0 Å². The quantitative estimate of drug-likeness (QED) is 0.322. The fourth-order valence-electron chi connectivity index (χ4n) is 3.31. The monoisotopic (exact) mass is 436 g/mol. The molecule has 6 rings (SSSR count). The van der Waals surface area contributed by atoms with Gasteiger partial charge in [0.1, 0.15) is 0 Å². The Balaban J connectivity index is 1.40. The van der Waals surface area contributed by atoms with E-state index in [0.717, 1.165) is 30.3 Å². The van der Waals surface area contributed by atoms with Gasteiger partial charge >= 0.3 is 0 Å². The fourth-order valence-corrected chi connectivity index (χ4v) is 6.02. The number of fused-ring (bicyclic) bond motifs is 1. The third-order valence-corrected chi connectivity index (χ3v) is 7.38. The van der Waals surface area contributed by atoms with Crippen molar-refractivity contribution < 1.29 is 17.7 Å². The van der Waals surface area contributed by atoms with Crippen LogP contribution in [0.2, 0.25) is 0 Å². The summed E-state index contributed by atoms with van der Waals surface area (Å²) in [6, 6.07) is 7.14. The molecule has 6 aromatic heterocycles. The highest BCUT2D eigenvalue weighted by Gasteiger charge is 2.24. The molecule has 0 aliphatic heterocycles. The Kier molecular flexibility index (Phi) is 3.77. The molecular formula is C20H12N4O4S2. The van der Waals surface area contributed by atoms with E-state index < -0.39 is 0 Å². The van der Waals surface area contributed by atoms with Crippen molar-refractivity contribution in [2.24, 2.45) is 0 Å². The van der Waals surface area contributed by atoms with E-state index in [1.54, 1.807) is 59.5 Å². The summed E-state index contributed by atoms with van der Waals surface area (Å²) in [4.78, 5) is 1.89. The lowest BCUT2D eigenvalue weighted by Gasteiger charge is -1.96. The van der Waals surface area contributed by atoms with Gasteiger partial charge in [-0.05, 0) is 49.2 Å². The molecule has 0 aliphatic carbocycles. The van der Waals surface area contributed by atoms with Crippen LogP contribution in [0.15, 0.2) is 54.5 Å². The lowest BCUT2D eigenvalue weighted by atomic mass is 10.1. The lowest BCUT2D eigenvalue weighted by molar-refractivity contribution is 0.523. The van der Waals surface area contributed by atoms with Gasteiger partial charge in [-0.1, -0.05) is 0 Å². The minimum atomic E-state index is 0.361. The van der Waals surface area contributed by atoms with Gasteiger partial charge in [0.15, 0.2) is 11.5 Å². The highest BCUT2D eigenvalue weighted by Crippen LogP contribution is 2.47. The minimum Gasteiger partial charge on any atom is -0.459 e. The molecule has 0 fully saturated rings. The van der Waals surface area contributed by atoms with E-state index in [2.05, 4.69) is 34.2 Å². The molecule has 6 aromatic rings. The number of aromatic nitrogens is 4. The Morgan fingerprint density at radius 1 is 0.667 bits per heavy atom. The molecule has 148 valence electrons. The summed E-state index contributed by atoms with van der Waals surface area (Å²) in [6.07, 6.45) is 3.15. The maximum Gasteiger partial charge on any atom is 0.283 e. The second-order valence-corrected chi connectivity index (χ2v) is 8.85. The maximum atomic E-state index is 5.84. The number of aryl methyl sites for hydroxylation is 2. The number of hydrogen-bond acceptors (Lipinski definition) is 10. The van der Waals surface area contributed by atoms with Crippen molar-refractivity contribution in [1.29, 1.82) is 0 Å². The second-order valence-electron chi connectivity index (χ2n) is 6.55. The Bertz CT molecular complexity index is 1360. The molecule has 30 heavy (non-hydrogen) atoms. The number of rotatable bonds is 4. The summed E-state index contributed by atoms with van der Waals surface area (Å²) in [5, 5.41) is 17.8. The van der Waals surface area contributed by atoms with Crippen LogP contribution >= 0.6 is 22.7 Å². The molecule has 0 amide bonds. The average molecular weight is 436 g/mol. The van der Waals surface area contributed by atoms with Gasteiger partial charge in [0.25, 0.3) is 23.6 Å². The first-order valence-electron chi connectivity index (χ1n) is 8.97. The summed E-state index contributed by atoms with van der Waals surface area (Å²) >= 11 is 3.21. The normalized spacial score (nSPS) is 11.7. The van der Waals surface area contributed by atoms with Crippen LogP contribution in [0.4, 0.5) is 0 Å². The van der Waals surface area contributed by atoms with Crippen molar-refractivity contribution in [2.75, 3.05) is 0 Å². The number of furan rings is 2. The van der Waals surface area contributed by atoms with Crippen molar-refractivity contribution in [1.82, 2.24) is 20.4 Å². The Morgan fingerprint density at radius 2 is 1.13 bits per heavy atom. The Hall–Kier alpha value is -3.50. The van der Waals surface area contributed by atoms with E-state index in [-0.39, 0.29) is 0 Å². The van der Waals surface area contributed by atoms with Gasteiger partial charge in [-0.15, -0.1) is 43.1 Å². The fraction of sp³-hybridized carbons (Fsp3) is 0.100. The molecule has 8 nitrogen and oxygen atoms in total. The number of thiophene rings is 2. The van der Waals surface area contributed by atoms with Crippen molar-refractivity contribution in [3.8, 4) is 44.8 Å². The van der Waals surface area contributed by atoms with E-state index in [1.807, 2.05) is 0 Å². The van der Waals surface area contributed by atoms with Gasteiger partial charge in [-0.25, -0.2) is 0 Å². The van der Waals surface area contributed by atoms with E-state index in [9.17, 15) is 0 Å². The summed E-state index contributed by atoms with van der Waals surface area (Å²) in [5.74, 6) is 2.77. The highest BCUT2D eigenvalue weighted by molar-refractivity contribution is 7.41. The zero-order chi connectivity index (χ0) is 20.2. The predicted octanol–water partition coefficient (Wildman–Crippen LogP) is 6.20. The van der Waals surface area contributed by atoms with Crippen LogP contribution in [-0.4, -0.2) is 20.4 Å². The predicted molar refractivity (Wildman–Crippen MR) is 111 cm³/mol. The van der Waals surface area contributed by atoms with Crippen LogP contribution in [-0.2, 0) is 0 Å². The van der Waals surface area contributed by atoms with Crippen LogP contribution < -0.4 is 0 Å². The lowest BCUT2D eigenvalue weighted by Crippen LogP contribution is -1.80. The zero-order valence-corrected chi connectivity index (χ0v) is 17.3. The smallest absolute Gasteiger partial charge is 0.283 e. The summed E-state index contributed by atoms with van der Waals surface area (Å²) < 4.78 is 23.5. The summed E-state index contributed by atoms with van der Waals surface area (Å²) in [7, 11) is 0. The topological polar surface area (TPSA) is 104 Å². The van der Waals surface area contributed by atoms with E-state index in [4.69, 9.17) is 17.7 Å². The first-order valence-corrected chi connectivity index (χ1v) is 10.6. The summed E-state index contributed by atoms with van der Waals surface area (Å²) in [5.41, 5.74) is 2.16. The highest BCUT2D eigenvalue weighted by atomic mass is 32.2. The second kappa shape index (κ2) is 6.51. The molecule has 0 aromatic carbocycles. The van der Waals surface area contributed by atoms with Gasteiger partial charge in [0.05, 0.1) is 26.3 Å². The third kappa shape index (κ3) is 2.57. The number of nitrogens with zero attached hydrogens (tertiary/aromatic N) is 4. The molecule has 0 atom stereocenters. The molecule has 6 heterocycles. The molecule has 0 saturated heterocycles. The Labute approximate surface area is 176 Å². The average Bonchev–Trinajstić information content (AvgIpc) is 3.54. The number of hydrogen-bond donors (Lipinski definition) is 0. The molecule has 0 saturated carbocycles. The van der Waals surface area contributed by atoms with Gasteiger partial charge in [0, 0.05) is 5.39 Å². The SMILES string of the molecule is Cc1c(-c2nnc(-c3ccco3)o2)sc2sc(-c3nnc(-c4ccco4)o3)c(C)c12. The van der Waals surface area contributed by atoms with Crippen molar-refractivity contribution in [2.45, 2.75) is 13.8 Å². The molecule has 0 spiro atoms. The van der Waals surface area contributed by atoms with E-state index >= 15 is 0 Å². The molecule has 0 radical (unpaired) electrons. The maximum absolute atomic E-state index is 5.84. The van der Waals surface area contributed by atoms with Crippen LogP contribution in [0, 0.1) is 13.8 Å². The van der Waals surface area contributed by atoms with Gasteiger partial charge < -0.3 is 17.7 Å². The van der Waals surface area contributed by atoms with E-state index in [0.29, 0.717) is 35.1 Å². The van der Waals surface area contributed by atoms with Crippen LogP contribution in [0.1, 0.15) is 11.1 Å². The van der Waals surface area contributed by atoms with E-state index in [1.165, 1.54) is 0 Å². The molecule has 10 heteroatoms. The Morgan fingerprint density at radius 3 is 1.53 bits per heavy atom. The van der Waals surface area contributed by atoms with Crippen LogP contribution in [0.3, 0.4) is 0 Å². The molecule has 0 bridgehead atoms. The largest absolute Gasteiger partial charge is 0.459 e. The molecule has 0 aliphatic rings. The first kappa shape index (κ1) is 17.4. The van der Waals surface area contributed by atoms with Crippen LogP contribution in [0.25, 0.3) is 54.2 Å². The van der Waals surface area contributed by atoms with Crippen molar-refractivity contribution >= 4 is 32.1 Å². The van der Waals surface area contributed by atoms with Crippen molar-refractivity contribution in [3.63, 3.8) is 0 Å². The first-order chi connectivity index (χ1) is 14.7. The van der Waals surface area contributed by atoms with Gasteiger partial charge in [-0.2, -0.15) is 0 Å². The minimum absolute atomic E-state index is 0.361. The summed E-state index contributed by atoms with van der Waals surface area (Å²) in [6.45, 7) is 4.10. The molecule has 0 N–H and O–H groups in total. The van der Waals surface area contributed by atoms with Crippen molar-refractivity contribution in [3.05, 3.63) is 47.9 Å². The molecular weight excluding hydrogens is 424 g/mol. The molecule has 0 unspecified atom stereocenters. The van der Waals surface area contributed by atoms with Gasteiger partial charge in [0.2, 0.25) is 0 Å². The van der Waals surface area contributed by atoms with Crippen LogP contribution in [0.5, 0.6) is 0 Å².